The summed E-state index contributed by atoms with van der Waals surface area (Å²) in [6, 6.07) is 10.4. The SMILES string of the molecule is COC(=O)c1ccc(N2CCC(CN3CCC(N4CCN(Cc5c(OC)cc(-c6cn(C)c(=O)c7cnccc67)cc5OC)CC4)CC3)CC2)cn1. The number of esters is 1. The molecular formula is C40H51N7O5. The molecule has 0 N–H and O–H groups in total. The van der Waals surface area contributed by atoms with Gasteiger partial charge in [-0.05, 0) is 86.0 Å². The number of ether oxygens (including phenoxy) is 3. The first-order chi connectivity index (χ1) is 25.3. The number of pyridine rings is 3. The highest BCUT2D eigenvalue weighted by Crippen LogP contribution is 2.38. The standard InChI is InChI=1S/C40H51N7O5/c1-43-26-34(32-7-12-41-24-33(32)39(43)48)29-21-37(50-2)35(38(22-29)51-3)27-45-17-19-47(20-18-45)30-10-13-44(14-11-30)25-28-8-15-46(16-9-28)31-5-6-36(42-23-31)40(49)52-4/h5-7,12,21-24,26,28,30H,8-11,13-20,25,27H2,1-4H3. The highest BCUT2D eigenvalue weighted by Gasteiger charge is 2.30. The molecule has 12 heteroatoms. The number of carbonyl (C=O) groups is 1. The Balaban J connectivity index is 0.894. The third-order valence-corrected chi connectivity index (χ3v) is 11.4. The summed E-state index contributed by atoms with van der Waals surface area (Å²) in [7, 11) is 6.58. The highest BCUT2D eigenvalue weighted by atomic mass is 16.5. The molecule has 0 amide bonds. The van der Waals surface area contributed by atoms with E-state index in [2.05, 4.69) is 41.7 Å². The van der Waals surface area contributed by atoms with Gasteiger partial charge in [0.05, 0.1) is 44.2 Å². The monoisotopic (exact) mass is 709 g/mol. The minimum Gasteiger partial charge on any atom is -0.496 e. The molecule has 12 nitrogen and oxygen atoms in total. The highest BCUT2D eigenvalue weighted by molar-refractivity contribution is 5.95. The number of piperidine rings is 2. The van der Waals surface area contributed by atoms with Gasteiger partial charge in [-0.3, -0.25) is 19.6 Å². The molecule has 7 rings (SSSR count). The molecule has 52 heavy (non-hydrogen) atoms. The average Bonchev–Trinajstić information content (AvgIpc) is 3.20. The summed E-state index contributed by atoms with van der Waals surface area (Å²) in [5.74, 6) is 1.90. The van der Waals surface area contributed by atoms with Crippen LogP contribution in [0.2, 0.25) is 0 Å². The fourth-order valence-electron chi connectivity index (χ4n) is 8.35. The van der Waals surface area contributed by atoms with Crippen LogP contribution in [0.3, 0.4) is 0 Å². The Morgan fingerprint density at radius 2 is 1.54 bits per heavy atom. The van der Waals surface area contributed by atoms with E-state index in [0.29, 0.717) is 17.1 Å². The second-order valence-electron chi connectivity index (χ2n) is 14.4. The van der Waals surface area contributed by atoms with E-state index in [1.165, 1.54) is 52.4 Å². The molecule has 3 aromatic heterocycles. The molecule has 6 heterocycles. The first-order valence-electron chi connectivity index (χ1n) is 18.5. The molecule has 3 saturated heterocycles. The lowest BCUT2D eigenvalue weighted by molar-refractivity contribution is 0.0515. The summed E-state index contributed by atoms with van der Waals surface area (Å²) < 4.78 is 18.3. The van der Waals surface area contributed by atoms with Crippen molar-refractivity contribution in [2.45, 2.75) is 38.3 Å². The topological polar surface area (TPSA) is 106 Å². The van der Waals surface area contributed by atoms with E-state index >= 15 is 0 Å². The van der Waals surface area contributed by atoms with Crippen LogP contribution in [0.25, 0.3) is 21.9 Å². The van der Waals surface area contributed by atoms with Crippen molar-refractivity contribution in [1.82, 2.24) is 29.2 Å². The van der Waals surface area contributed by atoms with E-state index in [1.54, 1.807) is 50.5 Å². The summed E-state index contributed by atoms with van der Waals surface area (Å²) in [6.07, 6.45) is 11.9. The van der Waals surface area contributed by atoms with Gasteiger partial charge >= 0.3 is 5.97 Å². The van der Waals surface area contributed by atoms with Gasteiger partial charge in [0, 0.05) is 89.6 Å². The largest absolute Gasteiger partial charge is 0.496 e. The molecule has 3 fully saturated rings. The molecule has 0 unspecified atom stereocenters. The second-order valence-corrected chi connectivity index (χ2v) is 14.4. The summed E-state index contributed by atoms with van der Waals surface area (Å²) in [5.41, 5.74) is 4.28. The summed E-state index contributed by atoms with van der Waals surface area (Å²) >= 11 is 0. The van der Waals surface area contributed by atoms with Crippen LogP contribution in [0.5, 0.6) is 11.5 Å². The second kappa shape index (κ2) is 16.0. The molecule has 0 atom stereocenters. The molecule has 0 saturated carbocycles. The van der Waals surface area contributed by atoms with Gasteiger partial charge in [0.25, 0.3) is 5.56 Å². The normalized spacial score (nSPS) is 18.5. The van der Waals surface area contributed by atoms with Crippen molar-refractivity contribution in [3.8, 4) is 22.6 Å². The number of benzene rings is 1. The lowest BCUT2D eigenvalue weighted by Crippen LogP contribution is -2.53. The molecule has 3 aliphatic rings. The van der Waals surface area contributed by atoms with Gasteiger partial charge in [-0.2, -0.15) is 0 Å². The Morgan fingerprint density at radius 1 is 0.827 bits per heavy atom. The molecule has 1 aromatic carbocycles. The lowest BCUT2D eigenvalue weighted by Gasteiger charge is -2.44. The van der Waals surface area contributed by atoms with Gasteiger partial charge in [0.15, 0.2) is 0 Å². The zero-order chi connectivity index (χ0) is 36.2. The maximum Gasteiger partial charge on any atom is 0.356 e. The van der Waals surface area contributed by atoms with Crippen molar-refractivity contribution in [3.05, 3.63) is 76.7 Å². The van der Waals surface area contributed by atoms with E-state index < -0.39 is 5.97 Å². The Labute approximate surface area is 305 Å². The van der Waals surface area contributed by atoms with Gasteiger partial charge in [-0.15, -0.1) is 0 Å². The van der Waals surface area contributed by atoms with E-state index in [1.807, 2.05) is 18.3 Å². The average molecular weight is 710 g/mol. The lowest BCUT2D eigenvalue weighted by atomic mass is 9.94. The van der Waals surface area contributed by atoms with Crippen LogP contribution >= 0.6 is 0 Å². The number of methoxy groups -OCH3 is 3. The molecule has 0 radical (unpaired) electrons. The Kier molecular flexibility index (Phi) is 11.0. The van der Waals surface area contributed by atoms with Crippen LogP contribution in [0.15, 0.2) is 59.9 Å². The minimum atomic E-state index is -0.398. The van der Waals surface area contributed by atoms with Crippen molar-refractivity contribution < 1.29 is 19.0 Å². The summed E-state index contributed by atoms with van der Waals surface area (Å²) in [5, 5.41) is 1.45. The van der Waals surface area contributed by atoms with Crippen molar-refractivity contribution in [2.75, 3.05) is 85.1 Å². The molecule has 0 spiro atoms. The Bertz CT molecular complexity index is 1880. The van der Waals surface area contributed by atoms with Crippen LogP contribution in [-0.4, -0.2) is 121 Å². The van der Waals surface area contributed by atoms with E-state index in [9.17, 15) is 9.59 Å². The number of piperazine rings is 1. The number of fused-ring (bicyclic) bond motifs is 1. The number of aromatic nitrogens is 3. The maximum absolute atomic E-state index is 12.8. The molecule has 0 aliphatic carbocycles. The quantitative estimate of drug-likeness (QED) is 0.220. The van der Waals surface area contributed by atoms with Gasteiger partial charge in [-0.25, -0.2) is 9.78 Å². The van der Waals surface area contributed by atoms with Gasteiger partial charge in [0.2, 0.25) is 0 Å². The molecule has 0 bridgehead atoms. The third kappa shape index (κ3) is 7.65. The van der Waals surface area contributed by atoms with E-state index in [4.69, 9.17) is 14.2 Å². The molecular weight excluding hydrogens is 658 g/mol. The first-order valence-corrected chi connectivity index (χ1v) is 18.5. The zero-order valence-corrected chi connectivity index (χ0v) is 30.9. The predicted octanol–water partition coefficient (Wildman–Crippen LogP) is 4.30. The fraction of sp³-hybridized carbons (Fsp3) is 0.500. The van der Waals surface area contributed by atoms with Crippen LogP contribution < -0.4 is 19.9 Å². The third-order valence-electron chi connectivity index (χ3n) is 11.4. The summed E-state index contributed by atoms with van der Waals surface area (Å²) in [4.78, 5) is 43.3. The summed E-state index contributed by atoms with van der Waals surface area (Å²) in [6.45, 7) is 10.5. The van der Waals surface area contributed by atoms with Crippen LogP contribution in [0, 0.1) is 5.92 Å². The number of anilines is 1. The molecule has 3 aliphatic heterocycles. The van der Waals surface area contributed by atoms with Crippen LogP contribution in [0.4, 0.5) is 5.69 Å². The smallest absolute Gasteiger partial charge is 0.356 e. The van der Waals surface area contributed by atoms with Gasteiger partial charge < -0.3 is 28.6 Å². The van der Waals surface area contributed by atoms with Crippen molar-refractivity contribution >= 4 is 22.4 Å². The number of nitrogens with zero attached hydrogens (tertiary/aromatic N) is 7. The number of aryl methyl sites for hydroxylation is 1. The van der Waals surface area contributed by atoms with Crippen LogP contribution in [-0.2, 0) is 18.3 Å². The Morgan fingerprint density at radius 3 is 2.17 bits per heavy atom. The van der Waals surface area contributed by atoms with E-state index in [-0.39, 0.29) is 5.56 Å². The van der Waals surface area contributed by atoms with E-state index in [0.717, 1.165) is 91.0 Å². The molecule has 4 aromatic rings. The Hall–Kier alpha value is -4.52. The minimum absolute atomic E-state index is 0.0685. The fourth-order valence-corrected chi connectivity index (χ4v) is 8.35. The molecule has 276 valence electrons. The van der Waals surface area contributed by atoms with Gasteiger partial charge in [0.1, 0.15) is 17.2 Å². The number of carbonyl (C=O) groups excluding carboxylic acids is 1. The van der Waals surface area contributed by atoms with Gasteiger partial charge in [-0.1, -0.05) is 0 Å². The van der Waals surface area contributed by atoms with Crippen molar-refractivity contribution in [3.63, 3.8) is 0 Å². The first kappa shape index (κ1) is 35.9. The number of likely N-dealkylation sites (tertiary alicyclic amines) is 1. The maximum atomic E-state index is 12.8. The zero-order valence-electron chi connectivity index (χ0n) is 30.9. The van der Waals surface area contributed by atoms with Crippen LogP contribution in [0.1, 0.15) is 41.7 Å². The number of hydrogen-bond donors (Lipinski definition) is 0. The number of rotatable bonds is 10. The van der Waals surface area contributed by atoms with Crippen molar-refractivity contribution in [1.29, 1.82) is 0 Å². The predicted molar refractivity (Wildman–Crippen MR) is 202 cm³/mol. The number of hydrogen-bond acceptors (Lipinski definition) is 11. The van der Waals surface area contributed by atoms with Crippen molar-refractivity contribution in [2.24, 2.45) is 13.0 Å².